The molecule has 1 aliphatic heterocycles. The third-order valence-electron chi connectivity index (χ3n) is 2.93. The molecule has 19 heavy (non-hydrogen) atoms. The van der Waals surface area contributed by atoms with Crippen LogP contribution in [0.3, 0.4) is 0 Å². The summed E-state index contributed by atoms with van der Waals surface area (Å²) in [7, 11) is -3.60. The summed E-state index contributed by atoms with van der Waals surface area (Å²) in [4.78, 5) is 0.0302. The Morgan fingerprint density at radius 1 is 1.37 bits per heavy atom. The van der Waals surface area contributed by atoms with Crippen molar-refractivity contribution in [1.29, 1.82) is 0 Å². The maximum absolute atomic E-state index is 12.1. The molecule has 0 aromatic heterocycles. The van der Waals surface area contributed by atoms with E-state index >= 15 is 0 Å². The fraction of sp³-hybridized carbons (Fsp3) is 0.455. The van der Waals surface area contributed by atoms with Crippen LogP contribution in [0, 0.1) is 5.92 Å². The SMILES string of the molecule is Cl.O=S(=O)(NCC1CCNC1)c1cccc(Cl)c1Cl. The van der Waals surface area contributed by atoms with Crippen molar-refractivity contribution in [3.8, 4) is 0 Å². The van der Waals surface area contributed by atoms with E-state index in [-0.39, 0.29) is 27.3 Å². The van der Waals surface area contributed by atoms with Crippen LogP contribution in [-0.4, -0.2) is 28.1 Å². The van der Waals surface area contributed by atoms with Gasteiger partial charge in [0.1, 0.15) is 4.90 Å². The second-order valence-corrected chi connectivity index (χ2v) is 6.78. The summed E-state index contributed by atoms with van der Waals surface area (Å²) in [5.74, 6) is 0.331. The van der Waals surface area contributed by atoms with E-state index in [1.165, 1.54) is 6.07 Å². The smallest absolute Gasteiger partial charge is 0.242 e. The molecule has 0 spiro atoms. The van der Waals surface area contributed by atoms with Crippen LogP contribution < -0.4 is 10.0 Å². The Bertz CT molecular complexity index is 531. The first-order chi connectivity index (χ1) is 8.50. The summed E-state index contributed by atoms with van der Waals surface area (Å²) in [6, 6.07) is 4.58. The average Bonchev–Trinajstić information content (AvgIpc) is 2.83. The van der Waals surface area contributed by atoms with E-state index in [2.05, 4.69) is 10.0 Å². The molecule has 2 N–H and O–H groups in total. The zero-order valence-corrected chi connectivity index (χ0v) is 13.2. The lowest BCUT2D eigenvalue weighted by atomic mass is 10.1. The van der Waals surface area contributed by atoms with Gasteiger partial charge in [0.05, 0.1) is 10.0 Å². The van der Waals surface area contributed by atoms with Crippen LogP contribution in [0.5, 0.6) is 0 Å². The van der Waals surface area contributed by atoms with Crippen LogP contribution in [0.4, 0.5) is 0 Å². The minimum Gasteiger partial charge on any atom is -0.316 e. The first-order valence-electron chi connectivity index (χ1n) is 5.65. The summed E-state index contributed by atoms with van der Waals surface area (Å²) in [6.07, 6.45) is 0.978. The third kappa shape index (κ3) is 4.21. The van der Waals surface area contributed by atoms with Gasteiger partial charge in [0, 0.05) is 6.54 Å². The molecule has 1 aromatic rings. The fourth-order valence-electron chi connectivity index (χ4n) is 1.89. The van der Waals surface area contributed by atoms with E-state index in [1.54, 1.807) is 12.1 Å². The van der Waals surface area contributed by atoms with Gasteiger partial charge < -0.3 is 5.32 Å². The summed E-state index contributed by atoms with van der Waals surface area (Å²) in [6.45, 7) is 2.19. The molecular weight excluding hydrogens is 331 g/mol. The van der Waals surface area contributed by atoms with Gasteiger partial charge in [-0.1, -0.05) is 29.3 Å². The largest absolute Gasteiger partial charge is 0.316 e. The van der Waals surface area contributed by atoms with E-state index in [0.29, 0.717) is 12.5 Å². The molecule has 0 radical (unpaired) electrons. The molecule has 1 heterocycles. The summed E-state index contributed by atoms with van der Waals surface area (Å²) < 4.78 is 26.7. The van der Waals surface area contributed by atoms with Crippen LogP contribution in [0.1, 0.15) is 6.42 Å². The van der Waals surface area contributed by atoms with Crippen molar-refractivity contribution in [2.45, 2.75) is 11.3 Å². The van der Waals surface area contributed by atoms with E-state index in [1.807, 2.05) is 0 Å². The van der Waals surface area contributed by atoms with Crippen LogP contribution >= 0.6 is 35.6 Å². The van der Waals surface area contributed by atoms with Gasteiger partial charge in [-0.3, -0.25) is 0 Å². The third-order valence-corrected chi connectivity index (χ3v) is 5.33. The van der Waals surface area contributed by atoms with Crippen LogP contribution in [0.15, 0.2) is 23.1 Å². The van der Waals surface area contributed by atoms with Gasteiger partial charge in [-0.2, -0.15) is 0 Å². The lowest BCUT2D eigenvalue weighted by molar-refractivity contribution is 0.539. The Morgan fingerprint density at radius 3 is 2.74 bits per heavy atom. The molecule has 108 valence electrons. The number of nitrogens with one attached hydrogen (secondary N) is 2. The molecule has 2 rings (SSSR count). The highest BCUT2D eigenvalue weighted by molar-refractivity contribution is 7.89. The highest BCUT2D eigenvalue weighted by Gasteiger charge is 2.22. The number of hydrogen-bond acceptors (Lipinski definition) is 3. The van der Waals surface area contributed by atoms with Gasteiger partial charge in [-0.25, -0.2) is 13.1 Å². The van der Waals surface area contributed by atoms with E-state index in [9.17, 15) is 8.42 Å². The zero-order chi connectivity index (χ0) is 13.2. The lowest BCUT2D eigenvalue weighted by Gasteiger charge is -2.12. The van der Waals surface area contributed by atoms with Gasteiger partial charge in [0.2, 0.25) is 10.0 Å². The Morgan fingerprint density at radius 2 is 2.11 bits per heavy atom. The molecule has 1 atom stereocenters. The molecule has 1 unspecified atom stereocenters. The summed E-state index contributed by atoms with van der Waals surface area (Å²) in [5.41, 5.74) is 0. The van der Waals surface area contributed by atoms with Gasteiger partial charge in [0.25, 0.3) is 0 Å². The Balaban J connectivity index is 0.00000180. The van der Waals surface area contributed by atoms with Crippen LogP contribution in [0.2, 0.25) is 10.0 Å². The van der Waals surface area contributed by atoms with Crippen molar-refractivity contribution in [3.63, 3.8) is 0 Å². The predicted octanol–water partition coefficient (Wildman–Crippen LogP) is 2.30. The molecule has 0 amide bonds. The van der Waals surface area contributed by atoms with Crippen LogP contribution in [-0.2, 0) is 10.0 Å². The first kappa shape index (κ1) is 17.0. The van der Waals surface area contributed by atoms with Gasteiger partial charge in [0.15, 0.2) is 0 Å². The van der Waals surface area contributed by atoms with E-state index < -0.39 is 10.0 Å². The number of rotatable bonds is 4. The van der Waals surface area contributed by atoms with E-state index in [4.69, 9.17) is 23.2 Å². The molecule has 1 saturated heterocycles. The second-order valence-electron chi connectivity index (χ2n) is 4.26. The minimum absolute atomic E-state index is 0. The Kier molecular flexibility index (Phi) is 6.36. The highest BCUT2D eigenvalue weighted by Crippen LogP contribution is 2.28. The highest BCUT2D eigenvalue weighted by atomic mass is 35.5. The Hall–Kier alpha value is -0.0400. The molecule has 8 heteroatoms. The number of sulfonamides is 1. The second kappa shape index (κ2) is 7.11. The van der Waals surface area contributed by atoms with Crippen molar-refractivity contribution in [2.75, 3.05) is 19.6 Å². The molecule has 1 aliphatic rings. The Labute approximate surface area is 129 Å². The van der Waals surface area contributed by atoms with E-state index in [0.717, 1.165) is 19.5 Å². The van der Waals surface area contributed by atoms with Gasteiger partial charge >= 0.3 is 0 Å². The standard InChI is InChI=1S/C11H14Cl2N2O2S.ClH/c12-9-2-1-3-10(11(9)13)18(16,17)15-7-8-4-5-14-6-8;/h1-3,8,14-15H,4-7H2;1H. The predicted molar refractivity (Wildman–Crippen MR) is 79.9 cm³/mol. The summed E-state index contributed by atoms with van der Waals surface area (Å²) in [5, 5.41) is 3.49. The molecule has 1 aromatic carbocycles. The quantitative estimate of drug-likeness (QED) is 0.880. The zero-order valence-electron chi connectivity index (χ0n) is 10.0. The molecule has 0 bridgehead atoms. The van der Waals surface area contributed by atoms with Gasteiger partial charge in [-0.15, -0.1) is 12.4 Å². The number of halogens is 3. The van der Waals surface area contributed by atoms with Crippen LogP contribution in [0.25, 0.3) is 0 Å². The van der Waals surface area contributed by atoms with Crippen molar-refractivity contribution in [2.24, 2.45) is 5.92 Å². The monoisotopic (exact) mass is 344 g/mol. The topological polar surface area (TPSA) is 58.2 Å². The van der Waals surface area contributed by atoms with Crippen molar-refractivity contribution >= 4 is 45.6 Å². The number of hydrogen-bond donors (Lipinski definition) is 2. The minimum atomic E-state index is -3.60. The average molecular weight is 346 g/mol. The first-order valence-corrected chi connectivity index (χ1v) is 7.89. The molecule has 4 nitrogen and oxygen atoms in total. The normalized spacial score (nSPS) is 19.2. The molecule has 0 aliphatic carbocycles. The maximum Gasteiger partial charge on any atom is 0.242 e. The van der Waals surface area contributed by atoms with Crippen molar-refractivity contribution < 1.29 is 8.42 Å². The van der Waals surface area contributed by atoms with Gasteiger partial charge in [-0.05, 0) is 37.6 Å². The molecular formula is C11H15Cl3N2O2S. The number of benzene rings is 1. The lowest BCUT2D eigenvalue weighted by Crippen LogP contribution is -2.30. The fourth-order valence-corrected chi connectivity index (χ4v) is 3.76. The molecule has 0 saturated carbocycles. The maximum atomic E-state index is 12.1. The molecule has 1 fully saturated rings. The van der Waals surface area contributed by atoms with Crippen molar-refractivity contribution in [1.82, 2.24) is 10.0 Å². The van der Waals surface area contributed by atoms with Crippen molar-refractivity contribution in [3.05, 3.63) is 28.2 Å². The summed E-state index contributed by atoms with van der Waals surface area (Å²) >= 11 is 11.7.